The number of hydrogen-bond donors (Lipinski definition) is 2. The summed E-state index contributed by atoms with van der Waals surface area (Å²) in [6, 6.07) is 0. The van der Waals surface area contributed by atoms with Crippen LogP contribution in [-0.4, -0.2) is 49.2 Å². The molecule has 0 aromatic heterocycles. The van der Waals surface area contributed by atoms with Gasteiger partial charge < -0.3 is 16.0 Å². The van der Waals surface area contributed by atoms with E-state index < -0.39 is 5.67 Å². The van der Waals surface area contributed by atoms with Gasteiger partial charge in [0.2, 0.25) is 5.91 Å². The fourth-order valence-corrected chi connectivity index (χ4v) is 2.28. The van der Waals surface area contributed by atoms with E-state index in [1.165, 1.54) is 0 Å². The molecule has 0 atom stereocenters. The van der Waals surface area contributed by atoms with Gasteiger partial charge in [-0.3, -0.25) is 4.79 Å². The van der Waals surface area contributed by atoms with Gasteiger partial charge >= 0.3 is 0 Å². The van der Waals surface area contributed by atoms with Gasteiger partial charge in [-0.2, -0.15) is 0 Å². The van der Waals surface area contributed by atoms with E-state index in [0.717, 1.165) is 25.9 Å². The quantitative estimate of drug-likeness (QED) is 0.667. The normalized spacial score (nSPS) is 27.3. The van der Waals surface area contributed by atoms with Crippen molar-refractivity contribution in [1.82, 2.24) is 10.2 Å². The molecule has 5 heteroatoms. The highest BCUT2D eigenvalue weighted by Gasteiger charge is 2.39. The molecule has 0 spiro atoms. The number of nitrogens with one attached hydrogen (secondary N) is 1. The number of carbonyl (C=O) groups excluding carboxylic acids is 1. The number of piperidine rings is 1. The van der Waals surface area contributed by atoms with Gasteiger partial charge in [0, 0.05) is 25.6 Å². The summed E-state index contributed by atoms with van der Waals surface area (Å²) in [4.78, 5) is 13.0. The minimum atomic E-state index is -1.04. The molecule has 2 aliphatic heterocycles. The average Bonchev–Trinajstić information content (AvgIpc) is 2.16. The highest BCUT2D eigenvalue weighted by molar-refractivity contribution is 5.76. The highest BCUT2D eigenvalue weighted by Crippen LogP contribution is 2.22. The van der Waals surface area contributed by atoms with E-state index in [4.69, 9.17) is 5.73 Å². The summed E-state index contributed by atoms with van der Waals surface area (Å²) < 4.78 is 13.8. The molecule has 3 N–H and O–H groups in total. The lowest BCUT2D eigenvalue weighted by Gasteiger charge is -2.41. The molecule has 1 amide bonds. The zero-order valence-electron chi connectivity index (χ0n) is 8.84. The van der Waals surface area contributed by atoms with Crippen molar-refractivity contribution in [2.24, 2.45) is 11.7 Å². The Morgan fingerprint density at radius 2 is 2.07 bits per heavy atom. The number of carbonyl (C=O) groups is 1. The van der Waals surface area contributed by atoms with Gasteiger partial charge in [-0.25, -0.2) is 4.39 Å². The largest absolute Gasteiger partial charge is 0.369 e. The zero-order valence-corrected chi connectivity index (χ0v) is 8.84. The molecule has 2 rings (SSSR count). The van der Waals surface area contributed by atoms with Crippen LogP contribution < -0.4 is 11.1 Å². The van der Waals surface area contributed by atoms with Crippen molar-refractivity contribution in [3.05, 3.63) is 0 Å². The second kappa shape index (κ2) is 4.06. The minimum Gasteiger partial charge on any atom is -0.369 e. The number of rotatable bonds is 3. The molecular weight excluding hydrogens is 197 g/mol. The molecule has 0 saturated carbocycles. The Morgan fingerprint density at radius 3 is 2.47 bits per heavy atom. The summed E-state index contributed by atoms with van der Waals surface area (Å²) in [5.41, 5.74) is 4.19. The van der Waals surface area contributed by atoms with Gasteiger partial charge in [-0.05, 0) is 25.9 Å². The molecule has 2 heterocycles. The van der Waals surface area contributed by atoms with Crippen LogP contribution in [0.1, 0.15) is 12.8 Å². The SMILES string of the molecule is NC(=O)C1CCN(CC2(F)CNC2)CC1. The third-order valence-electron chi connectivity index (χ3n) is 3.38. The lowest BCUT2D eigenvalue weighted by molar-refractivity contribution is -0.123. The van der Waals surface area contributed by atoms with Crippen LogP contribution in [0.5, 0.6) is 0 Å². The lowest BCUT2D eigenvalue weighted by Crippen LogP contribution is -2.62. The van der Waals surface area contributed by atoms with Gasteiger partial charge in [0.1, 0.15) is 5.67 Å². The number of amides is 1. The first-order valence-electron chi connectivity index (χ1n) is 5.50. The molecule has 2 aliphatic rings. The summed E-state index contributed by atoms with van der Waals surface area (Å²) in [6.07, 6.45) is 1.55. The third kappa shape index (κ3) is 2.46. The molecule has 4 nitrogen and oxygen atoms in total. The Hall–Kier alpha value is -0.680. The molecule has 0 aromatic carbocycles. The highest BCUT2D eigenvalue weighted by atomic mass is 19.1. The fraction of sp³-hybridized carbons (Fsp3) is 0.900. The first-order chi connectivity index (χ1) is 7.09. The van der Waals surface area contributed by atoms with Gasteiger partial charge in [0.15, 0.2) is 0 Å². The van der Waals surface area contributed by atoms with Crippen LogP contribution in [0.4, 0.5) is 4.39 Å². The maximum Gasteiger partial charge on any atom is 0.220 e. The van der Waals surface area contributed by atoms with E-state index in [2.05, 4.69) is 10.2 Å². The summed E-state index contributed by atoms with van der Waals surface area (Å²) in [5.74, 6) is -0.216. The number of primary amides is 1. The Labute approximate surface area is 89.0 Å². The van der Waals surface area contributed by atoms with Gasteiger partial charge in [-0.15, -0.1) is 0 Å². The summed E-state index contributed by atoms with van der Waals surface area (Å²) >= 11 is 0. The second-order valence-electron chi connectivity index (χ2n) is 4.71. The van der Waals surface area contributed by atoms with Crippen molar-refractivity contribution >= 4 is 5.91 Å². The van der Waals surface area contributed by atoms with Crippen LogP contribution in [-0.2, 0) is 4.79 Å². The molecule has 0 unspecified atom stereocenters. The molecule has 86 valence electrons. The number of nitrogens with two attached hydrogens (primary N) is 1. The van der Waals surface area contributed by atoms with Crippen LogP contribution in [0.15, 0.2) is 0 Å². The van der Waals surface area contributed by atoms with Crippen molar-refractivity contribution in [2.45, 2.75) is 18.5 Å². The number of nitrogens with zero attached hydrogens (tertiary/aromatic N) is 1. The van der Waals surface area contributed by atoms with Crippen molar-refractivity contribution < 1.29 is 9.18 Å². The number of hydrogen-bond acceptors (Lipinski definition) is 3. The standard InChI is InChI=1S/C10H18FN3O/c11-10(5-13-6-10)7-14-3-1-8(2-4-14)9(12)15/h8,13H,1-7H2,(H2,12,15). The number of halogens is 1. The molecule has 2 fully saturated rings. The predicted octanol–water partition coefficient (Wildman–Crippen LogP) is -0.505. The Bertz CT molecular complexity index is 247. The molecule has 0 bridgehead atoms. The second-order valence-corrected chi connectivity index (χ2v) is 4.71. The summed E-state index contributed by atoms with van der Waals surface area (Å²) in [6.45, 7) is 3.00. The summed E-state index contributed by atoms with van der Waals surface area (Å²) in [7, 11) is 0. The van der Waals surface area contributed by atoms with Crippen molar-refractivity contribution in [1.29, 1.82) is 0 Å². The topological polar surface area (TPSA) is 58.4 Å². The molecule has 0 radical (unpaired) electrons. The van der Waals surface area contributed by atoms with Gasteiger partial charge in [0.05, 0.1) is 0 Å². The van der Waals surface area contributed by atoms with E-state index in [0.29, 0.717) is 19.6 Å². The monoisotopic (exact) mass is 215 g/mol. The van der Waals surface area contributed by atoms with E-state index in [-0.39, 0.29) is 11.8 Å². The van der Waals surface area contributed by atoms with E-state index in [1.54, 1.807) is 0 Å². The van der Waals surface area contributed by atoms with E-state index in [1.807, 2.05) is 0 Å². The van der Waals surface area contributed by atoms with E-state index >= 15 is 0 Å². The fourth-order valence-electron chi connectivity index (χ4n) is 2.28. The molecular formula is C10H18FN3O. The first-order valence-corrected chi connectivity index (χ1v) is 5.50. The van der Waals surface area contributed by atoms with Crippen LogP contribution in [0.3, 0.4) is 0 Å². The third-order valence-corrected chi connectivity index (χ3v) is 3.38. The van der Waals surface area contributed by atoms with Crippen molar-refractivity contribution in [3.63, 3.8) is 0 Å². The Kier molecular flexibility index (Phi) is 2.93. The summed E-state index contributed by atoms with van der Waals surface area (Å²) in [5, 5.41) is 2.94. The maximum absolute atomic E-state index is 13.8. The van der Waals surface area contributed by atoms with Crippen LogP contribution in [0, 0.1) is 5.92 Å². The smallest absolute Gasteiger partial charge is 0.220 e. The Morgan fingerprint density at radius 1 is 1.47 bits per heavy atom. The zero-order chi connectivity index (χ0) is 10.9. The number of likely N-dealkylation sites (tertiary alicyclic amines) is 1. The van der Waals surface area contributed by atoms with Crippen molar-refractivity contribution in [2.75, 3.05) is 32.7 Å². The maximum atomic E-state index is 13.8. The van der Waals surface area contributed by atoms with Crippen LogP contribution in [0.25, 0.3) is 0 Å². The minimum absolute atomic E-state index is 0.00340. The predicted molar refractivity (Wildman–Crippen MR) is 55.1 cm³/mol. The molecule has 15 heavy (non-hydrogen) atoms. The average molecular weight is 215 g/mol. The van der Waals surface area contributed by atoms with E-state index in [9.17, 15) is 9.18 Å². The first kappa shape index (κ1) is 10.8. The van der Waals surface area contributed by atoms with Gasteiger partial charge in [-0.1, -0.05) is 0 Å². The molecule has 2 saturated heterocycles. The van der Waals surface area contributed by atoms with Crippen LogP contribution in [0.2, 0.25) is 0 Å². The molecule has 0 aliphatic carbocycles. The van der Waals surface area contributed by atoms with Crippen molar-refractivity contribution in [3.8, 4) is 0 Å². The number of alkyl halides is 1. The lowest BCUT2D eigenvalue weighted by atomic mass is 9.93. The molecule has 0 aromatic rings. The van der Waals surface area contributed by atoms with Crippen LogP contribution >= 0.6 is 0 Å². The Balaban J connectivity index is 1.76. The van der Waals surface area contributed by atoms with Gasteiger partial charge in [0.25, 0.3) is 0 Å².